The Morgan fingerprint density at radius 2 is 2.05 bits per heavy atom. The lowest BCUT2D eigenvalue weighted by atomic mass is 10.2. The highest BCUT2D eigenvalue weighted by Gasteiger charge is 2.38. The molecule has 2 rings (SSSR count). The van der Waals surface area contributed by atoms with Gasteiger partial charge in [0, 0.05) is 18.2 Å². The summed E-state index contributed by atoms with van der Waals surface area (Å²) in [4.78, 5) is 0.342. The lowest BCUT2D eigenvalue weighted by Gasteiger charge is -2.22. The molecule has 0 radical (unpaired) electrons. The summed E-state index contributed by atoms with van der Waals surface area (Å²) in [5.41, 5.74) is 6.06. The molecule has 0 unspecified atom stereocenters. The van der Waals surface area contributed by atoms with Crippen LogP contribution < -0.4 is 5.73 Å². The fourth-order valence-corrected chi connectivity index (χ4v) is 4.33. The van der Waals surface area contributed by atoms with Crippen molar-refractivity contribution in [2.45, 2.75) is 37.1 Å². The molecule has 0 aliphatic heterocycles. The predicted octanol–water partition coefficient (Wildman–Crippen LogP) is 1.88. The van der Waals surface area contributed by atoms with Gasteiger partial charge in [0.05, 0.1) is 4.90 Å². The molecule has 1 aromatic rings. The quantitative estimate of drug-likeness (QED) is 0.815. The first kappa shape index (κ1) is 14.4. The van der Waals surface area contributed by atoms with E-state index >= 15 is 0 Å². The highest BCUT2D eigenvalue weighted by Crippen LogP contribution is 2.33. The third kappa shape index (κ3) is 2.96. The van der Waals surface area contributed by atoms with Gasteiger partial charge in [-0.2, -0.15) is 4.31 Å². The number of rotatable bonds is 6. The van der Waals surface area contributed by atoms with E-state index in [-0.39, 0.29) is 15.9 Å². The second kappa shape index (κ2) is 5.56. The minimum atomic E-state index is -3.51. The Labute approximate surface area is 119 Å². The number of nitrogens with zero attached hydrogens (tertiary/aromatic N) is 1. The summed E-state index contributed by atoms with van der Waals surface area (Å²) < 4.78 is 27.1. The summed E-state index contributed by atoms with van der Waals surface area (Å²) in [7, 11) is -3.51. The van der Waals surface area contributed by atoms with E-state index in [4.69, 9.17) is 18.0 Å². The van der Waals surface area contributed by atoms with Gasteiger partial charge in [-0.3, -0.25) is 0 Å². The maximum atomic E-state index is 12.7. The fourth-order valence-electron chi connectivity index (χ4n) is 2.10. The summed E-state index contributed by atoms with van der Waals surface area (Å²) in [6.07, 6.45) is 2.67. The van der Waals surface area contributed by atoms with Crippen LogP contribution in [-0.2, 0) is 10.0 Å². The zero-order chi connectivity index (χ0) is 14.0. The topological polar surface area (TPSA) is 63.4 Å². The van der Waals surface area contributed by atoms with Crippen LogP contribution in [0.15, 0.2) is 29.2 Å². The smallest absolute Gasteiger partial charge is 0.244 e. The standard InChI is InChI=1S/C13H18N2O2S2/c1-2-9-15(10-7-8-10)19(16,17)12-6-4-3-5-11(12)13(14)18/h3-6,10H,2,7-9H2,1H3,(H2,14,18). The molecule has 0 spiro atoms. The maximum Gasteiger partial charge on any atom is 0.244 e. The molecular formula is C13H18N2O2S2. The van der Waals surface area contributed by atoms with Crippen molar-refractivity contribution in [3.05, 3.63) is 29.8 Å². The Hall–Kier alpha value is -0.980. The molecule has 1 saturated carbocycles. The molecule has 104 valence electrons. The van der Waals surface area contributed by atoms with E-state index in [0.717, 1.165) is 19.3 Å². The zero-order valence-corrected chi connectivity index (χ0v) is 12.5. The van der Waals surface area contributed by atoms with Gasteiger partial charge in [0.25, 0.3) is 0 Å². The van der Waals surface area contributed by atoms with Crippen LogP contribution in [0.2, 0.25) is 0 Å². The van der Waals surface area contributed by atoms with Crippen LogP contribution in [0.5, 0.6) is 0 Å². The Bertz CT molecular complexity index is 580. The van der Waals surface area contributed by atoms with Gasteiger partial charge >= 0.3 is 0 Å². The summed E-state index contributed by atoms with van der Waals surface area (Å²) in [6, 6.07) is 6.83. The van der Waals surface area contributed by atoms with Gasteiger partial charge < -0.3 is 5.73 Å². The van der Waals surface area contributed by atoms with Crippen LogP contribution >= 0.6 is 12.2 Å². The number of sulfonamides is 1. The van der Waals surface area contributed by atoms with Crippen molar-refractivity contribution < 1.29 is 8.42 Å². The lowest BCUT2D eigenvalue weighted by molar-refractivity contribution is 0.403. The summed E-state index contributed by atoms with van der Waals surface area (Å²) in [5, 5.41) is 0. The van der Waals surface area contributed by atoms with Crippen LogP contribution in [0.1, 0.15) is 31.7 Å². The van der Waals surface area contributed by atoms with E-state index in [1.54, 1.807) is 28.6 Å². The van der Waals surface area contributed by atoms with E-state index in [1.807, 2.05) is 6.92 Å². The van der Waals surface area contributed by atoms with E-state index in [9.17, 15) is 8.42 Å². The van der Waals surface area contributed by atoms with Crippen LogP contribution in [0, 0.1) is 0 Å². The van der Waals surface area contributed by atoms with Crippen molar-refractivity contribution in [2.24, 2.45) is 5.73 Å². The average Bonchev–Trinajstić information content (AvgIpc) is 3.20. The van der Waals surface area contributed by atoms with Gasteiger partial charge in [0.2, 0.25) is 10.0 Å². The molecule has 0 amide bonds. The first-order valence-corrected chi connectivity index (χ1v) is 8.24. The molecule has 0 atom stereocenters. The van der Waals surface area contributed by atoms with Gasteiger partial charge in [-0.1, -0.05) is 37.3 Å². The second-order valence-electron chi connectivity index (χ2n) is 4.71. The highest BCUT2D eigenvalue weighted by atomic mass is 32.2. The molecule has 19 heavy (non-hydrogen) atoms. The van der Waals surface area contributed by atoms with Crippen molar-refractivity contribution in [1.29, 1.82) is 0 Å². The molecule has 1 aliphatic carbocycles. The van der Waals surface area contributed by atoms with E-state index in [0.29, 0.717) is 12.1 Å². The number of benzene rings is 1. The highest BCUT2D eigenvalue weighted by molar-refractivity contribution is 7.89. The molecular weight excluding hydrogens is 280 g/mol. The molecule has 4 nitrogen and oxygen atoms in total. The third-order valence-corrected chi connectivity index (χ3v) is 5.37. The van der Waals surface area contributed by atoms with Crippen LogP contribution in [-0.4, -0.2) is 30.3 Å². The molecule has 0 aromatic heterocycles. The second-order valence-corrected chi connectivity index (χ2v) is 7.01. The Morgan fingerprint density at radius 3 is 2.58 bits per heavy atom. The van der Waals surface area contributed by atoms with Crippen LogP contribution in [0.3, 0.4) is 0 Å². The normalized spacial score (nSPS) is 15.7. The molecule has 0 saturated heterocycles. The molecule has 1 aliphatic rings. The van der Waals surface area contributed by atoms with Crippen LogP contribution in [0.25, 0.3) is 0 Å². The van der Waals surface area contributed by atoms with Gasteiger partial charge in [-0.25, -0.2) is 8.42 Å². The van der Waals surface area contributed by atoms with Gasteiger partial charge in [0.15, 0.2) is 0 Å². The molecule has 1 fully saturated rings. The third-order valence-electron chi connectivity index (χ3n) is 3.14. The van der Waals surface area contributed by atoms with Crippen molar-refractivity contribution >= 4 is 27.2 Å². The van der Waals surface area contributed by atoms with Gasteiger partial charge in [0.1, 0.15) is 4.99 Å². The molecule has 0 heterocycles. The minimum absolute atomic E-state index is 0.117. The van der Waals surface area contributed by atoms with E-state index in [2.05, 4.69) is 0 Å². The van der Waals surface area contributed by atoms with Gasteiger partial charge in [-0.15, -0.1) is 0 Å². The first-order valence-electron chi connectivity index (χ1n) is 6.39. The molecule has 1 aromatic carbocycles. The number of hydrogen-bond acceptors (Lipinski definition) is 3. The van der Waals surface area contributed by atoms with E-state index < -0.39 is 10.0 Å². The molecule has 2 N–H and O–H groups in total. The number of nitrogens with two attached hydrogens (primary N) is 1. The molecule has 0 bridgehead atoms. The zero-order valence-electron chi connectivity index (χ0n) is 10.9. The van der Waals surface area contributed by atoms with Crippen molar-refractivity contribution in [3.63, 3.8) is 0 Å². The summed E-state index contributed by atoms with van der Waals surface area (Å²) in [5.74, 6) is 0. The molecule has 6 heteroatoms. The predicted molar refractivity (Wildman–Crippen MR) is 79.5 cm³/mol. The van der Waals surface area contributed by atoms with Gasteiger partial charge in [-0.05, 0) is 25.3 Å². The number of thiocarbonyl (C=S) groups is 1. The maximum absolute atomic E-state index is 12.7. The van der Waals surface area contributed by atoms with Crippen LogP contribution in [0.4, 0.5) is 0 Å². The van der Waals surface area contributed by atoms with Crippen molar-refractivity contribution in [2.75, 3.05) is 6.54 Å². The SMILES string of the molecule is CCCN(C1CC1)S(=O)(=O)c1ccccc1C(N)=S. The number of hydrogen-bond donors (Lipinski definition) is 1. The summed E-state index contributed by atoms with van der Waals surface area (Å²) >= 11 is 4.95. The summed E-state index contributed by atoms with van der Waals surface area (Å²) in [6.45, 7) is 2.52. The van der Waals surface area contributed by atoms with E-state index in [1.165, 1.54) is 0 Å². The Kier molecular flexibility index (Phi) is 4.23. The average molecular weight is 298 g/mol. The minimum Gasteiger partial charge on any atom is -0.389 e. The first-order chi connectivity index (χ1) is 8.98. The van der Waals surface area contributed by atoms with Crippen molar-refractivity contribution in [3.8, 4) is 0 Å². The Morgan fingerprint density at radius 1 is 1.42 bits per heavy atom. The van der Waals surface area contributed by atoms with Crippen molar-refractivity contribution in [1.82, 2.24) is 4.31 Å². The largest absolute Gasteiger partial charge is 0.389 e. The Balaban J connectivity index is 2.46. The monoisotopic (exact) mass is 298 g/mol. The lowest BCUT2D eigenvalue weighted by Crippen LogP contribution is -2.35. The fraction of sp³-hybridized carbons (Fsp3) is 0.462.